The van der Waals surface area contributed by atoms with Gasteiger partial charge in [0, 0.05) is 43.7 Å². The van der Waals surface area contributed by atoms with Gasteiger partial charge in [-0.3, -0.25) is 24.7 Å². The number of hydrogen-bond donors (Lipinski definition) is 1. The van der Waals surface area contributed by atoms with E-state index in [4.69, 9.17) is 9.47 Å². The minimum Gasteiger partial charge on any atom is -0.497 e. The number of piperidine rings is 1. The predicted octanol–water partition coefficient (Wildman–Crippen LogP) is 3.83. The van der Waals surface area contributed by atoms with Crippen molar-refractivity contribution in [2.75, 3.05) is 20.2 Å². The second-order valence-corrected chi connectivity index (χ2v) is 8.00. The topological polar surface area (TPSA) is 124 Å². The van der Waals surface area contributed by atoms with Gasteiger partial charge in [-0.05, 0) is 55.3 Å². The number of likely N-dealkylation sites (tertiary alicyclic amines) is 1. The molecule has 1 aliphatic rings. The number of nitrogens with zero attached hydrogens (tertiary/aromatic N) is 3. The van der Waals surface area contributed by atoms with Gasteiger partial charge < -0.3 is 19.7 Å². The lowest BCUT2D eigenvalue weighted by Gasteiger charge is -2.32. The van der Waals surface area contributed by atoms with Crippen LogP contribution in [0.3, 0.4) is 0 Å². The SMILES string of the molecule is COc1ccc(Oc2ccc([N+](=O)[O-])cc2C(=O)N2CCC(NC(=O)c3cccnc3)CC2)cc1. The third kappa shape index (κ3) is 5.72. The van der Waals surface area contributed by atoms with Gasteiger partial charge in [0.15, 0.2) is 0 Å². The van der Waals surface area contributed by atoms with Gasteiger partial charge in [0.05, 0.1) is 23.2 Å². The fourth-order valence-corrected chi connectivity index (χ4v) is 3.82. The summed E-state index contributed by atoms with van der Waals surface area (Å²) in [5.74, 6) is 0.755. The average Bonchev–Trinajstić information content (AvgIpc) is 2.89. The van der Waals surface area contributed by atoms with E-state index in [1.165, 1.54) is 24.4 Å². The summed E-state index contributed by atoms with van der Waals surface area (Å²) in [6.07, 6.45) is 4.21. The van der Waals surface area contributed by atoms with Gasteiger partial charge in [0.1, 0.15) is 17.2 Å². The lowest BCUT2D eigenvalue weighted by molar-refractivity contribution is -0.384. The van der Waals surface area contributed by atoms with Crippen molar-refractivity contribution in [2.24, 2.45) is 0 Å². The van der Waals surface area contributed by atoms with Crippen molar-refractivity contribution in [1.29, 1.82) is 0 Å². The second kappa shape index (κ2) is 10.6. The minimum atomic E-state index is -0.547. The van der Waals surface area contributed by atoms with Crippen molar-refractivity contribution in [1.82, 2.24) is 15.2 Å². The smallest absolute Gasteiger partial charge is 0.270 e. The van der Waals surface area contributed by atoms with Crippen LogP contribution in [0.5, 0.6) is 17.2 Å². The summed E-state index contributed by atoms with van der Waals surface area (Å²) in [6, 6.07) is 14.1. The molecule has 4 rings (SSSR count). The van der Waals surface area contributed by atoms with E-state index in [2.05, 4.69) is 10.3 Å². The van der Waals surface area contributed by atoms with E-state index < -0.39 is 4.92 Å². The van der Waals surface area contributed by atoms with Crippen LogP contribution in [-0.4, -0.2) is 52.9 Å². The number of nitro benzene ring substituents is 1. The van der Waals surface area contributed by atoms with Crippen LogP contribution in [0.1, 0.15) is 33.6 Å². The van der Waals surface area contributed by atoms with E-state index in [1.807, 2.05) is 0 Å². The zero-order valence-electron chi connectivity index (χ0n) is 19.0. The van der Waals surface area contributed by atoms with Crippen molar-refractivity contribution in [2.45, 2.75) is 18.9 Å². The number of benzene rings is 2. The Morgan fingerprint density at radius 2 is 1.80 bits per heavy atom. The van der Waals surface area contributed by atoms with Crippen molar-refractivity contribution in [3.8, 4) is 17.2 Å². The molecule has 0 unspecified atom stereocenters. The zero-order chi connectivity index (χ0) is 24.8. The number of amides is 2. The standard InChI is InChI=1S/C25H24N4O6/c1-34-20-5-7-21(8-6-20)35-23-9-4-19(29(32)33)15-22(23)25(31)28-13-10-18(11-14-28)27-24(30)17-3-2-12-26-16-17/h2-9,12,15-16,18H,10-11,13-14H2,1H3,(H,27,30). The number of hydrogen-bond acceptors (Lipinski definition) is 7. The predicted molar refractivity (Wildman–Crippen MR) is 127 cm³/mol. The van der Waals surface area contributed by atoms with Gasteiger partial charge in [-0.2, -0.15) is 0 Å². The van der Waals surface area contributed by atoms with Crippen molar-refractivity contribution in [3.05, 3.63) is 88.2 Å². The van der Waals surface area contributed by atoms with E-state index in [1.54, 1.807) is 54.6 Å². The summed E-state index contributed by atoms with van der Waals surface area (Å²) >= 11 is 0. The van der Waals surface area contributed by atoms with Crippen molar-refractivity contribution in [3.63, 3.8) is 0 Å². The van der Waals surface area contributed by atoms with Crippen LogP contribution in [0, 0.1) is 10.1 Å². The normalized spacial score (nSPS) is 13.7. The molecule has 1 N–H and O–H groups in total. The largest absolute Gasteiger partial charge is 0.497 e. The Morgan fingerprint density at radius 1 is 1.09 bits per heavy atom. The molecule has 0 atom stereocenters. The number of rotatable bonds is 7. The molecule has 1 aliphatic heterocycles. The third-order valence-corrected chi connectivity index (χ3v) is 5.73. The van der Waals surface area contributed by atoms with E-state index in [0.29, 0.717) is 43.0 Å². The number of ether oxygens (including phenoxy) is 2. The molecule has 0 bridgehead atoms. The maximum absolute atomic E-state index is 13.3. The lowest BCUT2D eigenvalue weighted by atomic mass is 10.0. The highest BCUT2D eigenvalue weighted by Gasteiger charge is 2.28. The Labute approximate surface area is 201 Å². The van der Waals surface area contributed by atoms with Gasteiger partial charge in [-0.25, -0.2) is 0 Å². The molecule has 0 saturated carbocycles. The maximum Gasteiger partial charge on any atom is 0.270 e. The summed E-state index contributed by atoms with van der Waals surface area (Å²) in [5, 5.41) is 14.3. The number of aromatic nitrogens is 1. The van der Waals surface area contributed by atoms with Crippen molar-refractivity contribution >= 4 is 17.5 Å². The number of non-ortho nitro benzene ring substituents is 1. The van der Waals surface area contributed by atoms with Crippen molar-refractivity contribution < 1.29 is 24.0 Å². The molecule has 1 aromatic heterocycles. The molecule has 3 aromatic rings. The molecule has 10 heteroatoms. The molecular weight excluding hydrogens is 452 g/mol. The highest BCUT2D eigenvalue weighted by molar-refractivity contribution is 5.98. The molecule has 2 aromatic carbocycles. The molecule has 2 heterocycles. The fourth-order valence-electron chi connectivity index (χ4n) is 3.82. The maximum atomic E-state index is 13.3. The number of pyridine rings is 1. The molecule has 10 nitrogen and oxygen atoms in total. The Kier molecular flexibility index (Phi) is 7.20. The molecule has 0 aliphatic carbocycles. The van der Waals surface area contributed by atoms with E-state index in [-0.39, 0.29) is 34.9 Å². The molecule has 180 valence electrons. The Bertz CT molecular complexity index is 1210. The zero-order valence-corrected chi connectivity index (χ0v) is 19.0. The first-order valence-electron chi connectivity index (χ1n) is 11.0. The molecule has 0 radical (unpaired) electrons. The minimum absolute atomic E-state index is 0.0908. The molecular formula is C25H24N4O6. The van der Waals surface area contributed by atoms with Crippen LogP contribution in [0.15, 0.2) is 67.0 Å². The van der Waals surface area contributed by atoms with Gasteiger partial charge >= 0.3 is 0 Å². The average molecular weight is 476 g/mol. The first-order valence-corrected chi connectivity index (χ1v) is 11.0. The summed E-state index contributed by atoms with van der Waals surface area (Å²) in [5.41, 5.74) is 0.379. The quantitative estimate of drug-likeness (QED) is 0.406. The van der Waals surface area contributed by atoms with E-state index in [9.17, 15) is 19.7 Å². The van der Waals surface area contributed by atoms with Crippen LogP contribution in [0.2, 0.25) is 0 Å². The lowest BCUT2D eigenvalue weighted by Crippen LogP contribution is -2.46. The van der Waals surface area contributed by atoms with Crippen LogP contribution in [-0.2, 0) is 0 Å². The highest BCUT2D eigenvalue weighted by atomic mass is 16.6. The summed E-state index contributed by atoms with van der Waals surface area (Å²) in [7, 11) is 1.55. The number of carbonyl (C=O) groups excluding carboxylic acids is 2. The summed E-state index contributed by atoms with van der Waals surface area (Å²) < 4.78 is 11.0. The molecule has 2 amide bonds. The summed E-state index contributed by atoms with van der Waals surface area (Å²) in [4.78, 5) is 42.1. The number of carbonyl (C=O) groups is 2. The Morgan fingerprint density at radius 3 is 2.43 bits per heavy atom. The molecule has 1 saturated heterocycles. The third-order valence-electron chi connectivity index (χ3n) is 5.73. The monoisotopic (exact) mass is 476 g/mol. The number of nitrogens with one attached hydrogen (secondary N) is 1. The first-order chi connectivity index (χ1) is 16.9. The van der Waals surface area contributed by atoms with Crippen LogP contribution < -0.4 is 14.8 Å². The molecule has 35 heavy (non-hydrogen) atoms. The Balaban J connectivity index is 1.46. The van der Waals surface area contributed by atoms with Gasteiger partial charge in [0.25, 0.3) is 17.5 Å². The highest BCUT2D eigenvalue weighted by Crippen LogP contribution is 2.31. The molecule has 1 fully saturated rings. The van der Waals surface area contributed by atoms with Crippen LogP contribution in [0.4, 0.5) is 5.69 Å². The van der Waals surface area contributed by atoms with Gasteiger partial charge in [-0.1, -0.05) is 0 Å². The molecule has 0 spiro atoms. The Hall–Kier alpha value is -4.47. The van der Waals surface area contributed by atoms with Gasteiger partial charge in [0.2, 0.25) is 0 Å². The van der Waals surface area contributed by atoms with Gasteiger partial charge in [-0.15, -0.1) is 0 Å². The summed E-state index contributed by atoms with van der Waals surface area (Å²) in [6.45, 7) is 0.781. The van der Waals surface area contributed by atoms with Crippen LogP contribution in [0.25, 0.3) is 0 Å². The van der Waals surface area contributed by atoms with E-state index in [0.717, 1.165) is 0 Å². The first kappa shape index (κ1) is 23.7. The van der Waals surface area contributed by atoms with E-state index >= 15 is 0 Å². The second-order valence-electron chi connectivity index (χ2n) is 8.00. The van der Waals surface area contributed by atoms with Crippen LogP contribution >= 0.6 is 0 Å². The fraction of sp³-hybridized carbons (Fsp3) is 0.240. The number of methoxy groups -OCH3 is 1. The number of nitro groups is 1.